The van der Waals surface area contributed by atoms with Crippen LogP contribution in [0.3, 0.4) is 0 Å². The summed E-state index contributed by atoms with van der Waals surface area (Å²) in [5.41, 5.74) is 0. The Morgan fingerprint density at radius 2 is 1.07 bits per heavy atom. The second-order valence-corrected chi connectivity index (χ2v) is 18.1. The van der Waals surface area contributed by atoms with Crippen LogP contribution in [0.2, 0.25) is 0 Å². The molecule has 12 nitrogen and oxygen atoms in total. The van der Waals surface area contributed by atoms with E-state index < -0.39 is 59.9 Å². The number of nitrogens with one attached hydrogen (secondary N) is 1. The minimum Gasteiger partial charge on any atom is -0.394 e. The van der Waals surface area contributed by atoms with Crippen molar-refractivity contribution in [1.82, 2.24) is 5.32 Å². The van der Waals surface area contributed by atoms with Crippen molar-refractivity contribution in [3.8, 4) is 0 Å². The largest absolute Gasteiger partial charge is 0.397 e. The fourth-order valence-corrected chi connectivity index (χ4v) is 8.32. The molecule has 0 bridgehead atoms. The fourth-order valence-electron chi connectivity index (χ4n) is 7.81. The number of rotatable bonds is 41. The van der Waals surface area contributed by atoms with Crippen LogP contribution in [-0.2, 0) is 28.9 Å². The summed E-state index contributed by atoms with van der Waals surface area (Å²) >= 11 is 0. The smallest absolute Gasteiger partial charge is 0.394 e. The molecule has 59 heavy (non-hydrogen) atoms. The van der Waals surface area contributed by atoms with E-state index in [9.17, 15) is 38.2 Å². The topological polar surface area (TPSA) is 192 Å². The molecule has 7 unspecified atom stereocenters. The van der Waals surface area contributed by atoms with E-state index in [1.807, 2.05) is 6.08 Å². The summed E-state index contributed by atoms with van der Waals surface area (Å²) in [6.07, 6.45) is 32.5. The molecule has 1 aliphatic heterocycles. The van der Waals surface area contributed by atoms with Crippen LogP contribution in [-0.4, -0.2) is 95.4 Å². The summed E-state index contributed by atoms with van der Waals surface area (Å²) < 4.78 is 47.6. The summed E-state index contributed by atoms with van der Waals surface area (Å²) in [6.45, 7) is 3.39. The lowest BCUT2D eigenvalue weighted by molar-refractivity contribution is -0.298. The molecule has 1 fully saturated rings. The van der Waals surface area contributed by atoms with Crippen molar-refractivity contribution in [2.75, 3.05) is 13.2 Å². The van der Waals surface area contributed by atoms with Crippen molar-refractivity contribution in [2.24, 2.45) is 0 Å². The van der Waals surface area contributed by atoms with Crippen LogP contribution in [0, 0.1) is 0 Å². The molecule has 0 saturated carbocycles. The standard InChI is InChI=1S/C46H89NO11S/c1-3-5-7-9-11-13-15-17-18-19-20-21-22-23-24-26-28-30-32-34-36-42(50)47-39(40(49)35-33-31-29-27-25-16-14-12-10-8-6-4-2)38-56-46-44(52)45(58-59(53,54)55)43(51)41(37-48)57-46/h33,35,39-41,43-46,48-49,51-52H,3-32,34,36-38H2,1-2H3,(H,47,50)(H,53,54,55)/b35-33+. The van der Waals surface area contributed by atoms with Crippen LogP contribution < -0.4 is 5.32 Å². The molecule has 0 aromatic carbocycles. The lowest BCUT2D eigenvalue weighted by atomic mass is 9.99. The zero-order valence-electron chi connectivity index (χ0n) is 37.3. The Bertz CT molecular complexity index is 1110. The highest BCUT2D eigenvalue weighted by Gasteiger charge is 2.48. The zero-order valence-corrected chi connectivity index (χ0v) is 38.1. The maximum absolute atomic E-state index is 13.0. The van der Waals surface area contributed by atoms with Crippen molar-refractivity contribution < 1.29 is 51.8 Å². The Morgan fingerprint density at radius 1 is 0.661 bits per heavy atom. The number of carbonyl (C=O) groups is 1. The van der Waals surface area contributed by atoms with Gasteiger partial charge in [0.25, 0.3) is 0 Å². The molecular weight excluding hydrogens is 775 g/mol. The fraction of sp³-hybridized carbons (Fsp3) is 0.935. The lowest BCUT2D eigenvalue weighted by Gasteiger charge is -2.41. The first-order chi connectivity index (χ1) is 28.5. The number of allylic oxidation sites excluding steroid dienone is 1. The van der Waals surface area contributed by atoms with Gasteiger partial charge in [0, 0.05) is 6.42 Å². The van der Waals surface area contributed by atoms with Gasteiger partial charge in [-0.3, -0.25) is 9.35 Å². The summed E-state index contributed by atoms with van der Waals surface area (Å²) in [6, 6.07) is -0.937. The summed E-state index contributed by atoms with van der Waals surface area (Å²) in [7, 11) is -5.08. The Hall–Kier alpha value is -1.16. The first-order valence-electron chi connectivity index (χ1n) is 24.1. The molecule has 0 spiro atoms. The molecular formula is C46H89NO11S. The summed E-state index contributed by atoms with van der Waals surface area (Å²) in [4.78, 5) is 13.0. The average molecular weight is 864 g/mol. The third-order valence-electron chi connectivity index (χ3n) is 11.6. The second kappa shape index (κ2) is 37.4. The van der Waals surface area contributed by atoms with Crippen molar-refractivity contribution in [1.29, 1.82) is 0 Å². The molecule has 1 heterocycles. The van der Waals surface area contributed by atoms with Crippen molar-refractivity contribution in [3.63, 3.8) is 0 Å². The normalized spacial score (nSPS) is 21.0. The highest BCUT2D eigenvalue weighted by atomic mass is 32.3. The number of hydrogen-bond acceptors (Lipinski definition) is 10. The van der Waals surface area contributed by atoms with Crippen molar-refractivity contribution >= 4 is 16.3 Å². The van der Waals surface area contributed by atoms with Gasteiger partial charge in [-0.25, -0.2) is 4.18 Å². The number of amides is 1. The Balaban J connectivity index is 2.44. The maximum atomic E-state index is 13.0. The summed E-state index contributed by atoms with van der Waals surface area (Å²) in [5, 5.41) is 44.7. The third kappa shape index (κ3) is 30.5. The Labute approximate surface area is 360 Å². The van der Waals surface area contributed by atoms with E-state index >= 15 is 0 Å². The van der Waals surface area contributed by atoms with E-state index in [-0.39, 0.29) is 18.9 Å². The molecule has 1 saturated heterocycles. The molecule has 0 radical (unpaired) electrons. The molecule has 1 aliphatic rings. The van der Waals surface area contributed by atoms with Crippen LogP contribution >= 0.6 is 0 Å². The number of aliphatic hydroxyl groups is 4. The lowest BCUT2D eigenvalue weighted by Crippen LogP contribution is -2.61. The van der Waals surface area contributed by atoms with E-state index in [2.05, 4.69) is 23.3 Å². The van der Waals surface area contributed by atoms with Gasteiger partial charge in [0.05, 0.1) is 25.4 Å². The van der Waals surface area contributed by atoms with Gasteiger partial charge in [-0.15, -0.1) is 0 Å². The Morgan fingerprint density at radius 3 is 1.47 bits per heavy atom. The Kier molecular flexibility index (Phi) is 35.4. The van der Waals surface area contributed by atoms with Gasteiger partial charge >= 0.3 is 10.4 Å². The molecule has 0 aromatic heterocycles. The molecule has 0 aromatic rings. The number of unbranched alkanes of at least 4 members (excludes halogenated alkanes) is 29. The SMILES string of the molecule is CCCCCCCCCCCC/C=C/C(O)C(COC1OC(CO)C(O)C(OS(=O)(=O)O)C1O)NC(=O)CCCCCCCCCCCCCCCCCCCCCC. The summed E-state index contributed by atoms with van der Waals surface area (Å²) in [5.74, 6) is -0.260. The first kappa shape index (κ1) is 55.9. The third-order valence-corrected chi connectivity index (χ3v) is 12.0. The van der Waals surface area contributed by atoms with E-state index in [0.29, 0.717) is 6.42 Å². The van der Waals surface area contributed by atoms with Crippen LogP contribution in [0.4, 0.5) is 0 Å². The van der Waals surface area contributed by atoms with Crippen molar-refractivity contribution in [2.45, 2.75) is 262 Å². The van der Waals surface area contributed by atoms with E-state index in [1.54, 1.807) is 6.08 Å². The van der Waals surface area contributed by atoms with E-state index in [1.165, 1.54) is 154 Å². The highest BCUT2D eigenvalue weighted by Crippen LogP contribution is 2.26. The van der Waals surface area contributed by atoms with Gasteiger partial charge < -0.3 is 35.2 Å². The van der Waals surface area contributed by atoms with Crippen LogP contribution in [0.1, 0.15) is 219 Å². The number of aliphatic hydroxyl groups excluding tert-OH is 4. The van der Waals surface area contributed by atoms with E-state index in [4.69, 9.17) is 9.47 Å². The second-order valence-electron chi connectivity index (χ2n) is 17.1. The quantitative estimate of drug-likeness (QED) is 0.0195. The van der Waals surface area contributed by atoms with Gasteiger partial charge in [-0.05, 0) is 19.3 Å². The number of carbonyl (C=O) groups excluding carboxylic acids is 1. The monoisotopic (exact) mass is 864 g/mol. The van der Waals surface area contributed by atoms with Crippen LogP contribution in [0.5, 0.6) is 0 Å². The molecule has 1 rings (SSSR count). The molecule has 0 aliphatic carbocycles. The van der Waals surface area contributed by atoms with E-state index in [0.717, 1.165) is 38.5 Å². The van der Waals surface area contributed by atoms with Gasteiger partial charge in [0.15, 0.2) is 6.29 Å². The predicted octanol–water partition coefficient (Wildman–Crippen LogP) is 9.55. The minimum atomic E-state index is -5.08. The maximum Gasteiger partial charge on any atom is 0.397 e. The van der Waals surface area contributed by atoms with Gasteiger partial charge in [0.1, 0.15) is 24.4 Å². The molecule has 13 heteroatoms. The number of hydrogen-bond donors (Lipinski definition) is 6. The highest BCUT2D eigenvalue weighted by molar-refractivity contribution is 7.80. The average Bonchev–Trinajstić information content (AvgIpc) is 3.20. The molecule has 1 amide bonds. The van der Waals surface area contributed by atoms with Crippen molar-refractivity contribution in [3.05, 3.63) is 12.2 Å². The zero-order chi connectivity index (χ0) is 43.4. The number of ether oxygens (including phenoxy) is 2. The van der Waals surface area contributed by atoms with Crippen LogP contribution in [0.15, 0.2) is 12.2 Å². The molecule has 7 atom stereocenters. The predicted molar refractivity (Wildman–Crippen MR) is 236 cm³/mol. The minimum absolute atomic E-state index is 0.260. The van der Waals surface area contributed by atoms with Gasteiger partial charge in [0.2, 0.25) is 5.91 Å². The first-order valence-corrected chi connectivity index (χ1v) is 25.4. The molecule has 6 N–H and O–H groups in total. The van der Waals surface area contributed by atoms with Crippen LogP contribution in [0.25, 0.3) is 0 Å². The van der Waals surface area contributed by atoms with Gasteiger partial charge in [-0.2, -0.15) is 8.42 Å². The molecule has 350 valence electrons. The van der Waals surface area contributed by atoms with Gasteiger partial charge in [-0.1, -0.05) is 206 Å².